The number of nitrogens with two attached hydrogens (primary N) is 1. The molecule has 4 nitrogen and oxygen atoms in total. The summed E-state index contributed by atoms with van der Waals surface area (Å²) in [6.07, 6.45) is 0.731. The highest BCUT2D eigenvalue weighted by Crippen LogP contribution is 2.27. The summed E-state index contributed by atoms with van der Waals surface area (Å²) in [5.41, 5.74) is 7.69. The molecule has 0 radical (unpaired) electrons. The molecule has 0 aliphatic carbocycles. The molecule has 0 atom stereocenters. The van der Waals surface area contributed by atoms with E-state index in [-0.39, 0.29) is 0 Å². The number of aryl methyl sites for hydroxylation is 2. The largest absolute Gasteiger partial charge is 0.438 e. The van der Waals surface area contributed by atoms with Gasteiger partial charge in [0.05, 0.1) is 5.56 Å². The number of aromatic nitrogens is 2. The number of para-hydroxylation sites is 1. The first-order valence-corrected chi connectivity index (χ1v) is 5.98. The van der Waals surface area contributed by atoms with Crippen LogP contribution in [-0.4, -0.2) is 9.97 Å². The third-order valence-corrected chi connectivity index (χ3v) is 2.80. The zero-order chi connectivity index (χ0) is 13.1. The van der Waals surface area contributed by atoms with Crippen molar-refractivity contribution in [3.63, 3.8) is 0 Å². The first-order chi connectivity index (χ1) is 8.61. The second-order valence-corrected chi connectivity index (χ2v) is 4.18. The van der Waals surface area contributed by atoms with E-state index in [1.165, 1.54) is 0 Å². The van der Waals surface area contributed by atoms with Gasteiger partial charge in [0.25, 0.3) is 0 Å². The Morgan fingerprint density at radius 1 is 1.17 bits per heavy atom. The van der Waals surface area contributed by atoms with E-state index in [2.05, 4.69) is 9.97 Å². The third-order valence-electron chi connectivity index (χ3n) is 2.80. The van der Waals surface area contributed by atoms with Crippen molar-refractivity contribution < 1.29 is 4.74 Å². The van der Waals surface area contributed by atoms with Gasteiger partial charge < -0.3 is 10.5 Å². The Kier molecular flexibility index (Phi) is 3.46. The van der Waals surface area contributed by atoms with E-state index in [0.29, 0.717) is 17.5 Å². The summed E-state index contributed by atoms with van der Waals surface area (Å²) in [5.74, 6) is 2.50. The number of rotatable bonds is 3. The monoisotopic (exact) mass is 243 g/mol. The molecule has 94 valence electrons. The quantitative estimate of drug-likeness (QED) is 0.900. The van der Waals surface area contributed by atoms with Crippen LogP contribution in [0.25, 0.3) is 0 Å². The summed E-state index contributed by atoms with van der Waals surface area (Å²) in [4.78, 5) is 8.58. The normalized spacial score (nSPS) is 10.4. The summed E-state index contributed by atoms with van der Waals surface area (Å²) < 4.78 is 5.83. The first-order valence-electron chi connectivity index (χ1n) is 5.98. The molecule has 1 aromatic heterocycles. The molecular weight excluding hydrogens is 226 g/mol. The first kappa shape index (κ1) is 12.4. The summed E-state index contributed by atoms with van der Waals surface area (Å²) in [7, 11) is 0. The zero-order valence-corrected chi connectivity index (χ0v) is 10.9. The van der Waals surface area contributed by atoms with Crippen LogP contribution in [0, 0.1) is 13.8 Å². The number of nitrogens with zero attached hydrogens (tertiary/aromatic N) is 2. The Bertz CT molecular complexity index is 567. The lowest BCUT2D eigenvalue weighted by Gasteiger charge is -2.11. The van der Waals surface area contributed by atoms with Crippen molar-refractivity contribution in [3.05, 3.63) is 41.2 Å². The van der Waals surface area contributed by atoms with E-state index < -0.39 is 0 Å². The lowest BCUT2D eigenvalue weighted by atomic mass is 10.2. The van der Waals surface area contributed by atoms with Gasteiger partial charge in [0.15, 0.2) is 0 Å². The molecule has 2 N–H and O–H groups in total. The maximum absolute atomic E-state index is 5.86. The maximum Gasteiger partial charge on any atom is 0.227 e. The molecule has 2 rings (SSSR count). The third kappa shape index (κ3) is 2.42. The molecular formula is C14H17N3O. The maximum atomic E-state index is 5.86. The molecule has 0 spiro atoms. The van der Waals surface area contributed by atoms with E-state index in [4.69, 9.17) is 10.5 Å². The predicted octanol–water partition coefficient (Wildman–Crippen LogP) is 3.03. The van der Waals surface area contributed by atoms with Crippen LogP contribution in [0.2, 0.25) is 0 Å². The minimum atomic E-state index is 0.477. The highest BCUT2D eigenvalue weighted by atomic mass is 16.5. The second kappa shape index (κ2) is 5.04. The van der Waals surface area contributed by atoms with Crippen molar-refractivity contribution in [2.45, 2.75) is 27.2 Å². The molecule has 0 aliphatic rings. The lowest BCUT2D eigenvalue weighted by Crippen LogP contribution is -2.04. The second-order valence-electron chi connectivity index (χ2n) is 4.18. The molecule has 2 aromatic rings. The molecule has 0 fully saturated rings. The summed E-state index contributed by atoms with van der Waals surface area (Å²) >= 11 is 0. The van der Waals surface area contributed by atoms with Gasteiger partial charge in [-0.2, -0.15) is 4.98 Å². The number of anilines is 1. The van der Waals surface area contributed by atoms with Crippen LogP contribution in [0.15, 0.2) is 24.3 Å². The predicted molar refractivity (Wildman–Crippen MR) is 71.8 cm³/mol. The van der Waals surface area contributed by atoms with E-state index in [1.54, 1.807) is 0 Å². The molecule has 0 amide bonds. The summed E-state index contributed by atoms with van der Waals surface area (Å²) in [6.45, 7) is 5.85. The van der Waals surface area contributed by atoms with E-state index in [1.807, 2.05) is 45.0 Å². The van der Waals surface area contributed by atoms with Crippen LogP contribution in [0.4, 0.5) is 5.82 Å². The van der Waals surface area contributed by atoms with Gasteiger partial charge in [0.2, 0.25) is 5.88 Å². The Labute approximate surface area is 107 Å². The topological polar surface area (TPSA) is 61.0 Å². The zero-order valence-electron chi connectivity index (χ0n) is 10.9. The molecule has 4 heteroatoms. The van der Waals surface area contributed by atoms with E-state index >= 15 is 0 Å². The van der Waals surface area contributed by atoms with Crippen LogP contribution in [0.3, 0.4) is 0 Å². The van der Waals surface area contributed by atoms with Crippen LogP contribution in [0.1, 0.15) is 23.9 Å². The fraction of sp³-hybridized carbons (Fsp3) is 0.286. The van der Waals surface area contributed by atoms with Crippen molar-refractivity contribution in [2.75, 3.05) is 5.73 Å². The van der Waals surface area contributed by atoms with Crippen molar-refractivity contribution in [1.29, 1.82) is 0 Å². The smallest absolute Gasteiger partial charge is 0.227 e. The lowest BCUT2D eigenvalue weighted by molar-refractivity contribution is 0.452. The van der Waals surface area contributed by atoms with Crippen LogP contribution < -0.4 is 10.5 Å². The van der Waals surface area contributed by atoms with Gasteiger partial charge in [-0.3, -0.25) is 0 Å². The molecule has 1 aromatic carbocycles. The Hall–Kier alpha value is -2.10. The Balaban J connectivity index is 2.40. The van der Waals surface area contributed by atoms with Gasteiger partial charge >= 0.3 is 0 Å². The standard InChI is InChI=1S/C14H17N3O/c1-4-12-16-13(15)10(3)14(17-12)18-11-8-6-5-7-9(11)2/h5-8H,4H2,1-3H3,(H2,15,16,17). The Morgan fingerprint density at radius 3 is 2.56 bits per heavy atom. The molecule has 0 aliphatic heterocycles. The van der Waals surface area contributed by atoms with Crippen LogP contribution in [0.5, 0.6) is 11.6 Å². The van der Waals surface area contributed by atoms with Crippen molar-refractivity contribution >= 4 is 5.82 Å². The van der Waals surface area contributed by atoms with Crippen molar-refractivity contribution in [3.8, 4) is 11.6 Å². The van der Waals surface area contributed by atoms with Gasteiger partial charge in [-0.05, 0) is 25.5 Å². The van der Waals surface area contributed by atoms with Gasteiger partial charge in [-0.1, -0.05) is 25.1 Å². The number of hydrogen-bond donors (Lipinski definition) is 1. The number of benzene rings is 1. The number of ether oxygens (including phenoxy) is 1. The van der Waals surface area contributed by atoms with Gasteiger partial charge in [-0.15, -0.1) is 0 Å². The van der Waals surface area contributed by atoms with Crippen LogP contribution in [-0.2, 0) is 6.42 Å². The fourth-order valence-electron chi connectivity index (χ4n) is 1.59. The summed E-state index contributed by atoms with van der Waals surface area (Å²) in [6, 6.07) is 7.82. The van der Waals surface area contributed by atoms with Crippen LogP contribution >= 0.6 is 0 Å². The molecule has 0 saturated heterocycles. The Morgan fingerprint density at radius 2 is 1.89 bits per heavy atom. The highest BCUT2D eigenvalue weighted by Gasteiger charge is 2.10. The molecule has 0 bridgehead atoms. The number of nitrogen functional groups attached to an aromatic ring is 1. The SMILES string of the molecule is CCc1nc(N)c(C)c(Oc2ccccc2C)n1. The van der Waals surface area contributed by atoms with E-state index in [9.17, 15) is 0 Å². The summed E-state index contributed by atoms with van der Waals surface area (Å²) in [5, 5.41) is 0. The highest BCUT2D eigenvalue weighted by molar-refractivity contribution is 5.46. The van der Waals surface area contributed by atoms with E-state index in [0.717, 1.165) is 23.3 Å². The molecule has 18 heavy (non-hydrogen) atoms. The fourth-order valence-corrected chi connectivity index (χ4v) is 1.59. The molecule has 0 saturated carbocycles. The number of hydrogen-bond acceptors (Lipinski definition) is 4. The van der Waals surface area contributed by atoms with Gasteiger partial charge in [-0.25, -0.2) is 4.98 Å². The molecule has 0 unspecified atom stereocenters. The van der Waals surface area contributed by atoms with Gasteiger partial charge in [0, 0.05) is 6.42 Å². The average molecular weight is 243 g/mol. The minimum absolute atomic E-state index is 0.477. The van der Waals surface area contributed by atoms with Gasteiger partial charge in [0.1, 0.15) is 17.4 Å². The van der Waals surface area contributed by atoms with Crippen molar-refractivity contribution in [1.82, 2.24) is 9.97 Å². The minimum Gasteiger partial charge on any atom is -0.438 e. The average Bonchev–Trinajstić information content (AvgIpc) is 2.37. The van der Waals surface area contributed by atoms with Crippen molar-refractivity contribution in [2.24, 2.45) is 0 Å². The molecule has 1 heterocycles.